The van der Waals surface area contributed by atoms with Gasteiger partial charge in [0.15, 0.2) is 0 Å². The van der Waals surface area contributed by atoms with Gasteiger partial charge in [0, 0.05) is 12.4 Å². The molecule has 0 saturated heterocycles. The molecule has 4 heteroatoms. The van der Waals surface area contributed by atoms with Crippen LogP contribution in [-0.4, -0.2) is 16.1 Å². The lowest BCUT2D eigenvalue weighted by Crippen LogP contribution is -1.93. The van der Waals surface area contributed by atoms with Crippen molar-refractivity contribution in [3.63, 3.8) is 0 Å². The van der Waals surface area contributed by atoms with Gasteiger partial charge in [-0.1, -0.05) is 0 Å². The normalized spacial score (nSPS) is 11.2. The number of pyridine rings is 1. The summed E-state index contributed by atoms with van der Waals surface area (Å²) in [5, 5.41) is 8.18. The van der Waals surface area contributed by atoms with Gasteiger partial charge in [0.2, 0.25) is 5.83 Å². The van der Waals surface area contributed by atoms with E-state index in [1.165, 1.54) is 24.5 Å². The van der Waals surface area contributed by atoms with Gasteiger partial charge in [-0.05, 0) is 23.8 Å². The molecule has 1 N–H and O–H groups in total. The van der Waals surface area contributed by atoms with E-state index in [9.17, 15) is 9.18 Å². The minimum atomic E-state index is -1.56. The molecule has 0 bridgehead atoms. The Hall–Kier alpha value is -1.71. The van der Waals surface area contributed by atoms with Crippen LogP contribution in [0.15, 0.2) is 30.4 Å². The smallest absolute Gasteiger partial charge is 0.364 e. The van der Waals surface area contributed by atoms with Crippen molar-refractivity contribution in [3.8, 4) is 0 Å². The average Bonchev–Trinajstić information content (AvgIpc) is 2.06. The molecule has 0 radical (unpaired) electrons. The summed E-state index contributed by atoms with van der Waals surface area (Å²) in [5.41, 5.74) is 0.477. The minimum absolute atomic E-state index is 0.477. The number of aromatic nitrogens is 1. The van der Waals surface area contributed by atoms with E-state index in [1.807, 2.05) is 0 Å². The van der Waals surface area contributed by atoms with E-state index in [-0.39, 0.29) is 0 Å². The first kappa shape index (κ1) is 8.39. The van der Waals surface area contributed by atoms with Gasteiger partial charge >= 0.3 is 5.97 Å². The minimum Gasteiger partial charge on any atom is -0.476 e. The van der Waals surface area contributed by atoms with Gasteiger partial charge in [0.05, 0.1) is 0 Å². The molecule has 0 aromatic carbocycles. The van der Waals surface area contributed by atoms with Gasteiger partial charge < -0.3 is 5.11 Å². The summed E-state index contributed by atoms with van der Waals surface area (Å²) in [7, 11) is 0. The SMILES string of the molecule is O=C(O)C(F)=Cc1ccncc1. The van der Waals surface area contributed by atoms with Crippen LogP contribution in [-0.2, 0) is 4.79 Å². The number of carboxylic acid groups (broad SMARTS) is 1. The molecule has 62 valence electrons. The molecule has 0 aliphatic rings. The highest BCUT2D eigenvalue weighted by molar-refractivity contribution is 5.89. The van der Waals surface area contributed by atoms with E-state index in [0.717, 1.165) is 6.08 Å². The summed E-state index contributed by atoms with van der Waals surface area (Å²) in [6, 6.07) is 3.03. The molecule has 0 spiro atoms. The van der Waals surface area contributed by atoms with Crippen molar-refractivity contribution in [1.82, 2.24) is 4.98 Å². The number of aliphatic carboxylic acids is 1. The first-order chi connectivity index (χ1) is 5.70. The van der Waals surface area contributed by atoms with Gasteiger partial charge in [-0.15, -0.1) is 0 Å². The van der Waals surface area contributed by atoms with E-state index in [1.54, 1.807) is 0 Å². The first-order valence-corrected chi connectivity index (χ1v) is 3.20. The molecule has 1 aromatic heterocycles. The van der Waals surface area contributed by atoms with E-state index in [4.69, 9.17) is 5.11 Å². The van der Waals surface area contributed by atoms with Crippen LogP contribution >= 0.6 is 0 Å². The number of halogens is 1. The van der Waals surface area contributed by atoms with Crippen molar-refractivity contribution in [2.45, 2.75) is 0 Å². The van der Waals surface area contributed by atoms with Gasteiger partial charge in [-0.25, -0.2) is 4.79 Å². The van der Waals surface area contributed by atoms with Crippen LogP contribution in [0.1, 0.15) is 5.56 Å². The maximum absolute atomic E-state index is 12.5. The zero-order valence-electron chi connectivity index (χ0n) is 6.07. The lowest BCUT2D eigenvalue weighted by Gasteiger charge is -1.90. The average molecular weight is 167 g/mol. The Bertz CT molecular complexity index is 308. The van der Waals surface area contributed by atoms with Crippen molar-refractivity contribution >= 4 is 12.0 Å². The lowest BCUT2D eigenvalue weighted by molar-refractivity contribution is -0.134. The van der Waals surface area contributed by atoms with Crippen molar-refractivity contribution in [1.29, 1.82) is 0 Å². The lowest BCUT2D eigenvalue weighted by atomic mass is 10.2. The Morgan fingerprint density at radius 3 is 2.58 bits per heavy atom. The number of hydrogen-bond donors (Lipinski definition) is 1. The van der Waals surface area contributed by atoms with Crippen LogP contribution in [0.4, 0.5) is 4.39 Å². The summed E-state index contributed by atoms with van der Waals surface area (Å²) in [5.74, 6) is -2.74. The van der Waals surface area contributed by atoms with E-state index < -0.39 is 11.8 Å². The summed E-state index contributed by atoms with van der Waals surface area (Å²) in [6.07, 6.45) is 3.85. The van der Waals surface area contributed by atoms with Crippen LogP contribution < -0.4 is 0 Å². The molecule has 3 nitrogen and oxygen atoms in total. The molecule has 0 aliphatic heterocycles. The molecular formula is C8H6FNO2. The fraction of sp³-hybridized carbons (Fsp3) is 0. The molecular weight excluding hydrogens is 161 g/mol. The largest absolute Gasteiger partial charge is 0.476 e. The molecule has 12 heavy (non-hydrogen) atoms. The predicted molar refractivity (Wildman–Crippen MR) is 41.0 cm³/mol. The summed E-state index contributed by atoms with van der Waals surface area (Å²) >= 11 is 0. The molecule has 0 unspecified atom stereocenters. The maximum atomic E-state index is 12.5. The van der Waals surface area contributed by atoms with Crippen LogP contribution in [0.3, 0.4) is 0 Å². The van der Waals surface area contributed by atoms with Gasteiger partial charge in [0.25, 0.3) is 0 Å². The van der Waals surface area contributed by atoms with Crippen molar-refractivity contribution < 1.29 is 14.3 Å². The highest BCUT2D eigenvalue weighted by atomic mass is 19.1. The van der Waals surface area contributed by atoms with Crippen LogP contribution in [0.5, 0.6) is 0 Å². The Morgan fingerprint density at radius 2 is 2.08 bits per heavy atom. The summed E-state index contributed by atoms with van der Waals surface area (Å²) in [6.45, 7) is 0. The van der Waals surface area contributed by atoms with Crippen molar-refractivity contribution in [2.24, 2.45) is 0 Å². The van der Waals surface area contributed by atoms with Gasteiger partial charge in [-0.3, -0.25) is 4.98 Å². The van der Waals surface area contributed by atoms with Crippen molar-refractivity contribution in [2.75, 3.05) is 0 Å². The Balaban J connectivity index is 2.89. The third-order valence-electron chi connectivity index (χ3n) is 1.20. The fourth-order valence-electron chi connectivity index (χ4n) is 0.668. The van der Waals surface area contributed by atoms with Gasteiger partial charge in [0.1, 0.15) is 0 Å². The zero-order chi connectivity index (χ0) is 8.97. The Morgan fingerprint density at radius 1 is 1.50 bits per heavy atom. The van der Waals surface area contributed by atoms with Crippen LogP contribution in [0, 0.1) is 0 Å². The second-order valence-corrected chi connectivity index (χ2v) is 2.08. The summed E-state index contributed by atoms with van der Waals surface area (Å²) in [4.78, 5) is 13.7. The predicted octanol–water partition coefficient (Wildman–Crippen LogP) is 1.48. The molecule has 1 heterocycles. The topological polar surface area (TPSA) is 50.2 Å². The highest BCUT2D eigenvalue weighted by Crippen LogP contribution is 2.05. The third-order valence-corrected chi connectivity index (χ3v) is 1.20. The Labute approximate surface area is 68.2 Å². The number of hydrogen-bond acceptors (Lipinski definition) is 2. The Kier molecular flexibility index (Phi) is 2.53. The molecule has 0 aliphatic carbocycles. The number of carbonyl (C=O) groups is 1. The molecule has 0 saturated carbocycles. The molecule has 0 fully saturated rings. The molecule has 1 aromatic rings. The first-order valence-electron chi connectivity index (χ1n) is 3.20. The quantitative estimate of drug-likeness (QED) is 0.678. The third kappa shape index (κ3) is 2.16. The van der Waals surface area contributed by atoms with E-state index in [0.29, 0.717) is 5.56 Å². The number of nitrogens with zero attached hydrogens (tertiary/aromatic N) is 1. The van der Waals surface area contributed by atoms with Gasteiger partial charge in [-0.2, -0.15) is 4.39 Å². The van der Waals surface area contributed by atoms with Crippen LogP contribution in [0.2, 0.25) is 0 Å². The standard InChI is InChI=1S/C8H6FNO2/c9-7(8(11)12)5-6-1-3-10-4-2-6/h1-5H,(H,11,12). The van der Waals surface area contributed by atoms with E-state index in [2.05, 4.69) is 4.98 Å². The molecule has 1 rings (SSSR count). The molecule has 0 atom stereocenters. The summed E-state index contributed by atoms with van der Waals surface area (Å²) < 4.78 is 12.5. The number of rotatable bonds is 2. The fourth-order valence-corrected chi connectivity index (χ4v) is 0.668. The number of carboxylic acids is 1. The van der Waals surface area contributed by atoms with Crippen LogP contribution in [0.25, 0.3) is 6.08 Å². The monoisotopic (exact) mass is 167 g/mol. The second-order valence-electron chi connectivity index (χ2n) is 2.08. The second kappa shape index (κ2) is 3.61. The maximum Gasteiger partial charge on any atom is 0.364 e. The molecule has 0 amide bonds. The van der Waals surface area contributed by atoms with Crippen molar-refractivity contribution in [3.05, 3.63) is 35.9 Å². The zero-order valence-corrected chi connectivity index (χ0v) is 6.07. The van der Waals surface area contributed by atoms with E-state index >= 15 is 0 Å². The highest BCUT2D eigenvalue weighted by Gasteiger charge is 2.03.